The zero-order chi connectivity index (χ0) is 21.3. The molecule has 1 fully saturated rings. The Kier molecular flexibility index (Phi) is 5.77. The molecule has 4 rings (SSSR count). The molecule has 0 unspecified atom stereocenters. The van der Waals surface area contributed by atoms with Crippen molar-refractivity contribution < 1.29 is 14.0 Å². The van der Waals surface area contributed by atoms with Crippen LogP contribution in [0.25, 0.3) is 11.1 Å². The van der Waals surface area contributed by atoms with Crippen LogP contribution in [0, 0.1) is 0 Å². The fourth-order valence-electron chi connectivity index (χ4n) is 3.75. The molecular formula is C23H24ClN3O3. The van der Waals surface area contributed by atoms with E-state index in [0.717, 1.165) is 12.0 Å². The first-order valence-corrected chi connectivity index (χ1v) is 10.5. The normalized spacial score (nSPS) is 16.3. The molecule has 1 atom stereocenters. The third kappa shape index (κ3) is 4.49. The van der Waals surface area contributed by atoms with Gasteiger partial charge in [-0.05, 0) is 56.2 Å². The van der Waals surface area contributed by atoms with E-state index in [1.807, 2.05) is 44.2 Å². The molecule has 1 aromatic heterocycles. The highest BCUT2D eigenvalue weighted by molar-refractivity contribution is 6.30. The molecule has 3 aromatic rings. The number of benzene rings is 2. The van der Waals surface area contributed by atoms with Gasteiger partial charge in [-0.2, -0.15) is 0 Å². The molecule has 0 aliphatic carbocycles. The highest BCUT2D eigenvalue weighted by Crippen LogP contribution is 2.22. The first-order valence-electron chi connectivity index (χ1n) is 10.1. The third-order valence-electron chi connectivity index (χ3n) is 5.31. The molecule has 30 heavy (non-hydrogen) atoms. The van der Waals surface area contributed by atoms with Gasteiger partial charge in [0, 0.05) is 42.1 Å². The van der Waals surface area contributed by atoms with Gasteiger partial charge in [0.25, 0.3) is 5.91 Å². The second kappa shape index (κ2) is 8.48. The van der Waals surface area contributed by atoms with Crippen LogP contribution in [-0.2, 0) is 11.2 Å². The van der Waals surface area contributed by atoms with Gasteiger partial charge in [0.15, 0.2) is 11.5 Å². The van der Waals surface area contributed by atoms with E-state index in [2.05, 4.69) is 10.3 Å². The summed E-state index contributed by atoms with van der Waals surface area (Å²) in [6.07, 6.45) is 1.80. The van der Waals surface area contributed by atoms with E-state index < -0.39 is 0 Å². The molecule has 2 aromatic carbocycles. The lowest BCUT2D eigenvalue weighted by molar-refractivity contribution is -0.119. The van der Waals surface area contributed by atoms with Crippen molar-refractivity contribution in [2.75, 3.05) is 6.54 Å². The summed E-state index contributed by atoms with van der Waals surface area (Å²) in [7, 11) is 0. The average molecular weight is 426 g/mol. The van der Waals surface area contributed by atoms with Gasteiger partial charge < -0.3 is 14.6 Å². The molecule has 0 radical (unpaired) electrons. The molecule has 1 saturated heterocycles. The first-order chi connectivity index (χ1) is 14.4. The minimum Gasteiger partial charge on any atom is -0.440 e. The molecule has 0 bridgehead atoms. The smallest absolute Gasteiger partial charge is 0.254 e. The van der Waals surface area contributed by atoms with Crippen LogP contribution < -0.4 is 5.32 Å². The number of aromatic nitrogens is 1. The number of nitrogens with zero attached hydrogens (tertiary/aromatic N) is 2. The highest BCUT2D eigenvalue weighted by Gasteiger charge is 2.27. The standard InChI is InChI=1S/C23H24ClN3O3/c1-14(2)27(13-18-7-9-21(28)25-18)23(29)16-6-8-19-20(12-16)30-22(26-19)11-15-4-3-5-17(24)10-15/h3-6,8,10,12,14,18H,7,9,11,13H2,1-2H3,(H,25,28)/t18-/m1/s1. The summed E-state index contributed by atoms with van der Waals surface area (Å²) < 4.78 is 5.91. The Labute approximate surface area is 180 Å². The monoisotopic (exact) mass is 425 g/mol. The van der Waals surface area contributed by atoms with E-state index in [-0.39, 0.29) is 23.9 Å². The highest BCUT2D eigenvalue weighted by atomic mass is 35.5. The summed E-state index contributed by atoms with van der Waals surface area (Å²) >= 11 is 6.05. The molecule has 1 aliphatic heterocycles. The summed E-state index contributed by atoms with van der Waals surface area (Å²) in [5.74, 6) is 0.540. The maximum absolute atomic E-state index is 13.2. The van der Waals surface area contributed by atoms with Gasteiger partial charge in [-0.25, -0.2) is 4.98 Å². The number of halogens is 1. The maximum atomic E-state index is 13.2. The minimum absolute atomic E-state index is 0.00200. The van der Waals surface area contributed by atoms with Crippen LogP contribution >= 0.6 is 11.6 Å². The molecule has 2 heterocycles. The van der Waals surface area contributed by atoms with Crippen molar-refractivity contribution >= 4 is 34.5 Å². The number of carbonyl (C=O) groups excluding carboxylic acids is 2. The molecule has 6 nitrogen and oxygen atoms in total. The van der Waals surface area contributed by atoms with Crippen molar-refractivity contribution in [3.8, 4) is 0 Å². The van der Waals surface area contributed by atoms with E-state index in [1.165, 1.54) is 0 Å². The van der Waals surface area contributed by atoms with Crippen LogP contribution in [0.1, 0.15) is 48.5 Å². The van der Waals surface area contributed by atoms with E-state index in [1.54, 1.807) is 17.0 Å². The van der Waals surface area contributed by atoms with Crippen molar-refractivity contribution in [2.45, 2.75) is 45.2 Å². The largest absolute Gasteiger partial charge is 0.440 e. The maximum Gasteiger partial charge on any atom is 0.254 e. The van der Waals surface area contributed by atoms with E-state index in [4.69, 9.17) is 16.0 Å². The number of hydrogen-bond acceptors (Lipinski definition) is 4. The summed E-state index contributed by atoms with van der Waals surface area (Å²) in [5, 5.41) is 3.60. The fraction of sp³-hybridized carbons (Fsp3) is 0.348. The summed E-state index contributed by atoms with van der Waals surface area (Å²) in [5.41, 5.74) is 2.85. The van der Waals surface area contributed by atoms with E-state index in [9.17, 15) is 9.59 Å². The van der Waals surface area contributed by atoms with Gasteiger partial charge in [-0.1, -0.05) is 23.7 Å². The number of hydrogen-bond donors (Lipinski definition) is 1. The van der Waals surface area contributed by atoms with Crippen LogP contribution in [0.3, 0.4) is 0 Å². The number of oxazole rings is 1. The number of carbonyl (C=O) groups is 2. The van der Waals surface area contributed by atoms with Gasteiger partial charge >= 0.3 is 0 Å². The van der Waals surface area contributed by atoms with Gasteiger partial charge in [-0.3, -0.25) is 9.59 Å². The Morgan fingerprint density at radius 1 is 1.30 bits per heavy atom. The van der Waals surface area contributed by atoms with Crippen LogP contribution in [0.4, 0.5) is 0 Å². The molecular weight excluding hydrogens is 402 g/mol. The predicted molar refractivity (Wildman–Crippen MR) is 116 cm³/mol. The number of amides is 2. The SMILES string of the molecule is CC(C)N(C[C@H]1CCC(=O)N1)C(=O)c1ccc2nc(Cc3cccc(Cl)c3)oc2c1. The van der Waals surface area contributed by atoms with Gasteiger partial charge in [0.2, 0.25) is 5.91 Å². The minimum atomic E-state index is -0.0826. The van der Waals surface area contributed by atoms with Crippen LogP contribution in [0.5, 0.6) is 0 Å². The number of nitrogens with one attached hydrogen (secondary N) is 1. The Morgan fingerprint density at radius 3 is 2.83 bits per heavy atom. The Bertz CT molecular complexity index is 1090. The summed E-state index contributed by atoms with van der Waals surface area (Å²) in [6.45, 7) is 4.45. The molecule has 2 amide bonds. The summed E-state index contributed by atoms with van der Waals surface area (Å²) in [6, 6.07) is 12.9. The van der Waals surface area contributed by atoms with Crippen molar-refractivity contribution in [1.82, 2.24) is 15.2 Å². The molecule has 0 saturated carbocycles. The quantitative estimate of drug-likeness (QED) is 0.642. The van der Waals surface area contributed by atoms with Crippen molar-refractivity contribution in [2.24, 2.45) is 0 Å². The average Bonchev–Trinajstić information content (AvgIpc) is 3.29. The lowest BCUT2D eigenvalue weighted by atomic mass is 10.1. The van der Waals surface area contributed by atoms with Gasteiger partial charge in [0.05, 0.1) is 0 Å². The Balaban J connectivity index is 1.54. The second-order valence-electron chi connectivity index (χ2n) is 7.95. The number of fused-ring (bicyclic) bond motifs is 1. The van der Waals surface area contributed by atoms with Crippen molar-refractivity contribution in [3.63, 3.8) is 0 Å². The summed E-state index contributed by atoms with van der Waals surface area (Å²) in [4.78, 5) is 31.0. The molecule has 1 aliphatic rings. The lowest BCUT2D eigenvalue weighted by Crippen LogP contribution is -2.45. The van der Waals surface area contributed by atoms with E-state index >= 15 is 0 Å². The van der Waals surface area contributed by atoms with E-state index in [0.29, 0.717) is 47.0 Å². The van der Waals surface area contributed by atoms with Crippen LogP contribution in [0.2, 0.25) is 5.02 Å². The Hall–Kier alpha value is -2.86. The van der Waals surface area contributed by atoms with Crippen molar-refractivity contribution in [1.29, 1.82) is 0 Å². The molecule has 156 valence electrons. The van der Waals surface area contributed by atoms with Crippen LogP contribution in [-0.4, -0.2) is 40.3 Å². The lowest BCUT2D eigenvalue weighted by Gasteiger charge is -2.29. The zero-order valence-corrected chi connectivity index (χ0v) is 17.8. The number of rotatable bonds is 6. The Morgan fingerprint density at radius 2 is 2.13 bits per heavy atom. The van der Waals surface area contributed by atoms with Crippen LogP contribution in [0.15, 0.2) is 46.9 Å². The topological polar surface area (TPSA) is 75.4 Å². The second-order valence-corrected chi connectivity index (χ2v) is 8.39. The molecule has 1 N–H and O–H groups in total. The first kappa shape index (κ1) is 20.4. The zero-order valence-electron chi connectivity index (χ0n) is 17.0. The third-order valence-corrected chi connectivity index (χ3v) is 5.55. The van der Waals surface area contributed by atoms with Gasteiger partial charge in [-0.15, -0.1) is 0 Å². The predicted octanol–water partition coefficient (Wildman–Crippen LogP) is 4.20. The molecule has 0 spiro atoms. The van der Waals surface area contributed by atoms with Gasteiger partial charge in [0.1, 0.15) is 5.52 Å². The van der Waals surface area contributed by atoms with Crippen molar-refractivity contribution in [3.05, 3.63) is 64.5 Å². The molecule has 7 heteroatoms. The fourth-order valence-corrected chi connectivity index (χ4v) is 3.96.